The minimum absolute atomic E-state index is 0.0500. The van der Waals surface area contributed by atoms with E-state index in [1.807, 2.05) is 18.2 Å². The number of likely N-dealkylation sites (N-methyl/N-ethyl adjacent to an activating group) is 1. The number of carbonyl (C=O) groups excluding carboxylic acids is 4. The molecule has 0 radical (unpaired) electrons. The van der Waals surface area contributed by atoms with E-state index in [0.29, 0.717) is 5.56 Å². The van der Waals surface area contributed by atoms with Crippen molar-refractivity contribution in [3.8, 4) is 0 Å². The molecular formula is C32H41N9O10. The number of ether oxygens (including phenoxy) is 1. The van der Waals surface area contributed by atoms with Gasteiger partial charge in [-0.1, -0.05) is 18.2 Å². The Hall–Kier alpha value is -5.95. The van der Waals surface area contributed by atoms with Crippen molar-refractivity contribution in [1.29, 1.82) is 0 Å². The van der Waals surface area contributed by atoms with Crippen LogP contribution in [0.5, 0.6) is 0 Å². The first-order valence-electron chi connectivity index (χ1n) is 15.9. The molecule has 5 amide bonds. The Bertz CT molecular complexity index is 1930. The lowest BCUT2D eigenvalue weighted by Crippen LogP contribution is -2.61. The zero-order chi connectivity index (χ0) is 37.6. The number of aromatic amines is 2. The molecule has 3 heterocycles. The Morgan fingerprint density at radius 3 is 2.45 bits per heavy atom. The van der Waals surface area contributed by atoms with Gasteiger partial charge in [0.15, 0.2) is 0 Å². The Balaban J connectivity index is 1.44. The summed E-state index contributed by atoms with van der Waals surface area (Å²) < 4.78 is 6.60. The van der Waals surface area contributed by atoms with Crippen LogP contribution in [-0.2, 0) is 30.3 Å². The minimum Gasteiger partial charge on any atom is -0.480 e. The highest BCUT2D eigenvalue weighted by atomic mass is 16.5. The molecule has 1 aliphatic rings. The molecule has 0 spiro atoms. The lowest BCUT2D eigenvalue weighted by molar-refractivity contribution is -0.139. The fourth-order valence-electron chi connectivity index (χ4n) is 5.40. The molecule has 1 aliphatic heterocycles. The molecule has 1 fully saturated rings. The van der Waals surface area contributed by atoms with E-state index in [-0.39, 0.29) is 18.6 Å². The Labute approximate surface area is 290 Å². The summed E-state index contributed by atoms with van der Waals surface area (Å²) in [5.41, 5.74) is 5.74. The molecule has 0 saturated carbocycles. The second-order valence-corrected chi connectivity index (χ2v) is 12.2. The normalized spacial score (nSPS) is 19.2. The first-order chi connectivity index (χ1) is 24.1. The standard InChI is InChI=1S/C32H41N9O10/c1-15(33)28(46)40(4)17(3)25(27(45)35-14-19-12-23(42)29(51-19)41-10-9-24(43)38-32(41)50)39-26(44)16(2)36-31(49)37-22(30(47)48)11-18-13-34-21-8-6-5-7-20(18)21/h5-10,13-17,22-23,25,29,34,42H,11-12,33H2,1-4H3,(H,35,45)(H,39,44)(H,47,48)(H2,36,37,49)(H,38,43,50)/b19-14-/t15-,16-,17-,22-,23+,25-,29+/m0/s1. The molecule has 0 bridgehead atoms. The largest absolute Gasteiger partial charge is 0.480 e. The van der Waals surface area contributed by atoms with Gasteiger partial charge in [-0.25, -0.2) is 14.4 Å². The van der Waals surface area contributed by atoms with Gasteiger partial charge in [0.2, 0.25) is 23.9 Å². The number of hydrogen-bond acceptors (Lipinski definition) is 10. The molecule has 1 saturated heterocycles. The van der Waals surface area contributed by atoms with E-state index in [2.05, 4.69) is 31.2 Å². The Kier molecular flexibility index (Phi) is 12.0. The van der Waals surface area contributed by atoms with Crippen LogP contribution in [0.25, 0.3) is 10.9 Å². The van der Waals surface area contributed by atoms with Gasteiger partial charge in [-0.05, 0) is 32.4 Å². The van der Waals surface area contributed by atoms with E-state index in [1.165, 1.54) is 32.7 Å². The van der Waals surface area contributed by atoms with Gasteiger partial charge >= 0.3 is 17.7 Å². The second-order valence-electron chi connectivity index (χ2n) is 12.2. The van der Waals surface area contributed by atoms with E-state index in [4.69, 9.17) is 10.5 Å². The molecule has 10 N–H and O–H groups in total. The molecule has 3 aromatic rings. The van der Waals surface area contributed by atoms with Gasteiger partial charge in [0.1, 0.15) is 30.0 Å². The van der Waals surface area contributed by atoms with Crippen molar-refractivity contribution in [3.63, 3.8) is 0 Å². The first kappa shape index (κ1) is 37.9. The number of carbonyl (C=O) groups is 5. The van der Waals surface area contributed by atoms with Crippen molar-refractivity contribution in [2.75, 3.05) is 7.05 Å². The topological polar surface area (TPSA) is 283 Å². The fraction of sp³-hybridized carbons (Fsp3) is 0.406. The third-order valence-corrected chi connectivity index (χ3v) is 8.37. The van der Waals surface area contributed by atoms with Crippen LogP contribution in [0, 0.1) is 0 Å². The number of carboxylic acids is 1. The van der Waals surface area contributed by atoms with Crippen LogP contribution in [0.4, 0.5) is 4.79 Å². The number of aromatic nitrogens is 3. The van der Waals surface area contributed by atoms with Crippen molar-refractivity contribution in [2.45, 2.75) is 76.2 Å². The number of carboxylic acid groups (broad SMARTS) is 1. The summed E-state index contributed by atoms with van der Waals surface area (Å²) in [4.78, 5) is 94.2. The van der Waals surface area contributed by atoms with Gasteiger partial charge in [0.05, 0.1) is 12.1 Å². The smallest absolute Gasteiger partial charge is 0.331 e. The number of amides is 5. The van der Waals surface area contributed by atoms with Crippen LogP contribution >= 0.6 is 0 Å². The molecule has 1 aromatic carbocycles. The Morgan fingerprint density at radius 2 is 1.78 bits per heavy atom. The Morgan fingerprint density at radius 1 is 1.08 bits per heavy atom. The van der Waals surface area contributed by atoms with Crippen molar-refractivity contribution in [2.24, 2.45) is 5.73 Å². The number of aliphatic hydroxyl groups is 1. The maximum Gasteiger partial charge on any atom is 0.331 e. The van der Waals surface area contributed by atoms with Gasteiger partial charge in [0.25, 0.3) is 5.56 Å². The van der Waals surface area contributed by atoms with Gasteiger partial charge < -0.3 is 51.8 Å². The van der Waals surface area contributed by atoms with Crippen molar-refractivity contribution in [1.82, 2.24) is 40.7 Å². The highest BCUT2D eigenvalue weighted by molar-refractivity contribution is 5.93. The van der Waals surface area contributed by atoms with E-state index in [9.17, 15) is 43.8 Å². The van der Waals surface area contributed by atoms with Crippen molar-refractivity contribution < 1.29 is 38.9 Å². The van der Waals surface area contributed by atoms with E-state index >= 15 is 0 Å². The van der Waals surface area contributed by atoms with Gasteiger partial charge in [0, 0.05) is 55.5 Å². The predicted molar refractivity (Wildman–Crippen MR) is 181 cm³/mol. The number of benzene rings is 1. The maximum absolute atomic E-state index is 13.5. The fourth-order valence-corrected chi connectivity index (χ4v) is 5.40. The quantitative estimate of drug-likeness (QED) is 0.0965. The molecule has 2 aromatic heterocycles. The number of nitrogens with zero attached hydrogens (tertiary/aromatic N) is 2. The first-order valence-corrected chi connectivity index (χ1v) is 15.9. The summed E-state index contributed by atoms with van der Waals surface area (Å²) in [6.45, 7) is 4.25. The average Bonchev–Trinajstić information content (AvgIpc) is 3.66. The number of fused-ring (bicyclic) bond motifs is 1. The van der Waals surface area contributed by atoms with Crippen LogP contribution in [0.2, 0.25) is 0 Å². The minimum atomic E-state index is -1.42. The number of H-pyrrole nitrogens is 2. The van der Waals surface area contributed by atoms with Gasteiger partial charge in [-0.3, -0.25) is 28.7 Å². The van der Waals surface area contributed by atoms with E-state index < -0.39 is 83.5 Å². The van der Waals surface area contributed by atoms with Crippen molar-refractivity contribution in [3.05, 3.63) is 81.1 Å². The maximum atomic E-state index is 13.5. The number of para-hydroxylation sites is 1. The molecule has 51 heavy (non-hydrogen) atoms. The lowest BCUT2D eigenvalue weighted by atomic mass is 10.1. The predicted octanol–water partition coefficient (Wildman–Crippen LogP) is -1.68. The van der Waals surface area contributed by atoms with Crippen LogP contribution in [0.1, 0.15) is 39.0 Å². The molecule has 0 unspecified atom stereocenters. The summed E-state index contributed by atoms with van der Waals surface area (Å²) in [5.74, 6) is -3.45. The molecule has 19 nitrogen and oxygen atoms in total. The zero-order valence-corrected chi connectivity index (χ0v) is 28.2. The summed E-state index contributed by atoms with van der Waals surface area (Å²) in [6.07, 6.45) is 1.32. The SMILES string of the molecule is C[C@H](N)C(=O)N(C)[C@@H](C)[C@H](NC(=O)[C@H](C)NC(=O)N[C@@H](Cc1c[nH]c2ccccc12)C(=O)O)C(=O)N/C=C1/C[C@@H](O)[C@H](n2ccc(=O)[nH]c2=O)O1. The van der Waals surface area contributed by atoms with Crippen LogP contribution in [0.15, 0.2) is 64.3 Å². The third-order valence-electron chi connectivity index (χ3n) is 8.37. The van der Waals surface area contributed by atoms with Gasteiger partial charge in [-0.2, -0.15) is 0 Å². The number of aliphatic carboxylic acids is 1. The second kappa shape index (κ2) is 16.2. The molecule has 0 aliphatic carbocycles. The summed E-state index contributed by atoms with van der Waals surface area (Å²) in [5, 5.41) is 30.8. The summed E-state index contributed by atoms with van der Waals surface area (Å²) in [7, 11) is 1.39. The van der Waals surface area contributed by atoms with Gasteiger partial charge in [-0.15, -0.1) is 0 Å². The van der Waals surface area contributed by atoms with Crippen LogP contribution in [-0.4, -0.2) is 103 Å². The highest BCUT2D eigenvalue weighted by Gasteiger charge is 2.36. The summed E-state index contributed by atoms with van der Waals surface area (Å²) >= 11 is 0. The van der Waals surface area contributed by atoms with Crippen LogP contribution < -0.4 is 38.2 Å². The number of aliphatic hydroxyl groups excluding tert-OH is 1. The molecular weight excluding hydrogens is 670 g/mol. The number of rotatable bonds is 13. The molecule has 19 heteroatoms. The van der Waals surface area contributed by atoms with E-state index in [0.717, 1.165) is 33.9 Å². The average molecular weight is 712 g/mol. The van der Waals surface area contributed by atoms with E-state index in [1.54, 1.807) is 12.3 Å². The highest BCUT2D eigenvalue weighted by Crippen LogP contribution is 2.29. The monoisotopic (exact) mass is 711 g/mol. The number of hydrogen-bond donors (Lipinski definition) is 9. The molecule has 7 atom stereocenters. The number of urea groups is 1. The zero-order valence-electron chi connectivity index (χ0n) is 28.2. The third kappa shape index (κ3) is 9.19. The number of nitrogens with one attached hydrogen (secondary N) is 6. The van der Waals surface area contributed by atoms with Crippen molar-refractivity contribution >= 4 is 40.6 Å². The molecule has 274 valence electrons. The molecule has 4 rings (SSSR count). The number of nitrogens with two attached hydrogens (primary N) is 1. The lowest BCUT2D eigenvalue weighted by Gasteiger charge is -2.33. The summed E-state index contributed by atoms with van der Waals surface area (Å²) in [6, 6.07) is 1.41. The van der Waals surface area contributed by atoms with Crippen LogP contribution in [0.3, 0.4) is 0 Å².